The van der Waals surface area contributed by atoms with E-state index < -0.39 is 5.97 Å². The Morgan fingerprint density at radius 2 is 2.27 bits per heavy atom. The van der Waals surface area contributed by atoms with Gasteiger partial charge in [-0.05, 0) is 31.5 Å². The fraction of sp³-hybridized carbons (Fsp3) is 0.250. The predicted octanol–water partition coefficient (Wildman–Crippen LogP) is 2.67. The van der Waals surface area contributed by atoms with Crippen LogP contribution in [0, 0.1) is 18.8 Å². The van der Waals surface area contributed by atoms with Crippen molar-refractivity contribution >= 4 is 21.9 Å². The van der Waals surface area contributed by atoms with Gasteiger partial charge >= 0.3 is 5.97 Å². The number of ether oxygens (including phenoxy) is 1. The van der Waals surface area contributed by atoms with Crippen LogP contribution in [0.4, 0.5) is 0 Å². The quantitative estimate of drug-likeness (QED) is 0.577. The summed E-state index contributed by atoms with van der Waals surface area (Å²) < 4.78 is 5.69. The second-order valence-electron chi connectivity index (χ2n) is 2.88. The van der Waals surface area contributed by atoms with Crippen LogP contribution in [0.3, 0.4) is 0 Å². The highest BCUT2D eigenvalue weighted by Gasteiger charge is 1.99. The van der Waals surface area contributed by atoms with E-state index in [9.17, 15) is 4.79 Å². The monoisotopic (exact) mass is 266 g/mol. The minimum Gasteiger partial charge on any atom is -0.456 e. The van der Waals surface area contributed by atoms with Crippen LogP contribution in [0.5, 0.6) is 0 Å². The molecule has 0 heterocycles. The maximum Gasteiger partial charge on any atom is 0.384 e. The third kappa shape index (κ3) is 3.41. The van der Waals surface area contributed by atoms with Crippen molar-refractivity contribution < 1.29 is 9.53 Å². The van der Waals surface area contributed by atoms with Crippen LogP contribution >= 0.6 is 15.9 Å². The van der Waals surface area contributed by atoms with E-state index in [-0.39, 0.29) is 0 Å². The highest BCUT2D eigenvalue weighted by molar-refractivity contribution is 9.10. The van der Waals surface area contributed by atoms with Crippen molar-refractivity contribution in [3.05, 3.63) is 33.8 Å². The zero-order valence-corrected chi connectivity index (χ0v) is 10.2. The van der Waals surface area contributed by atoms with Crippen LogP contribution in [-0.4, -0.2) is 12.6 Å². The van der Waals surface area contributed by atoms with Gasteiger partial charge in [0.2, 0.25) is 0 Å². The summed E-state index contributed by atoms with van der Waals surface area (Å²) in [6.07, 6.45) is 0. The van der Waals surface area contributed by atoms with Crippen LogP contribution < -0.4 is 0 Å². The number of hydrogen-bond donors (Lipinski definition) is 0. The van der Waals surface area contributed by atoms with Crippen molar-refractivity contribution in [1.29, 1.82) is 0 Å². The van der Waals surface area contributed by atoms with E-state index in [2.05, 4.69) is 27.8 Å². The van der Waals surface area contributed by atoms with Crippen molar-refractivity contribution in [3.8, 4) is 11.8 Å². The first-order valence-electron chi connectivity index (χ1n) is 4.59. The number of carbonyl (C=O) groups excluding carboxylic acids is 1. The van der Waals surface area contributed by atoms with Crippen molar-refractivity contribution in [3.63, 3.8) is 0 Å². The van der Waals surface area contributed by atoms with Crippen LogP contribution in [0.1, 0.15) is 18.1 Å². The molecule has 0 bridgehead atoms. The number of esters is 1. The minimum absolute atomic E-state index is 0.352. The summed E-state index contributed by atoms with van der Waals surface area (Å²) in [5, 5.41) is 0. The van der Waals surface area contributed by atoms with E-state index >= 15 is 0 Å². The Kier molecular flexibility index (Phi) is 4.38. The molecule has 1 aromatic rings. The Bertz CT molecular complexity index is 427. The van der Waals surface area contributed by atoms with E-state index in [4.69, 9.17) is 4.74 Å². The van der Waals surface area contributed by atoms with Gasteiger partial charge in [-0.15, -0.1) is 0 Å². The molecule has 0 saturated heterocycles. The minimum atomic E-state index is -0.489. The van der Waals surface area contributed by atoms with Crippen LogP contribution in [-0.2, 0) is 9.53 Å². The fourth-order valence-corrected chi connectivity index (χ4v) is 1.39. The molecule has 0 spiro atoms. The zero-order chi connectivity index (χ0) is 11.3. The van der Waals surface area contributed by atoms with Gasteiger partial charge in [0, 0.05) is 16.0 Å². The maximum atomic E-state index is 11.0. The Morgan fingerprint density at radius 1 is 1.53 bits per heavy atom. The molecule has 78 valence electrons. The molecule has 3 heteroatoms. The van der Waals surface area contributed by atoms with Gasteiger partial charge in [0.25, 0.3) is 0 Å². The lowest BCUT2D eigenvalue weighted by Gasteiger charge is -1.99. The molecule has 15 heavy (non-hydrogen) atoms. The lowest BCUT2D eigenvalue weighted by molar-refractivity contribution is -0.136. The summed E-state index contributed by atoms with van der Waals surface area (Å²) in [6.45, 7) is 4.05. The predicted molar refractivity (Wildman–Crippen MR) is 62.4 cm³/mol. The Labute approximate surface area is 97.8 Å². The molecule has 0 radical (unpaired) electrons. The van der Waals surface area contributed by atoms with Crippen LogP contribution in [0.25, 0.3) is 0 Å². The standard InChI is InChI=1S/C12H11BrO2/c1-3-15-12(14)8-7-10-5-4-6-11(13)9(10)2/h4-6H,3H2,1-2H3. The van der Waals surface area contributed by atoms with Gasteiger partial charge in [-0.1, -0.05) is 27.9 Å². The summed E-state index contributed by atoms with van der Waals surface area (Å²) in [6, 6.07) is 5.68. The SMILES string of the molecule is CCOC(=O)C#Cc1cccc(Br)c1C. The van der Waals surface area contributed by atoms with Gasteiger partial charge in [-0.3, -0.25) is 0 Å². The molecule has 0 atom stereocenters. The maximum absolute atomic E-state index is 11.0. The average Bonchev–Trinajstić information content (AvgIpc) is 2.21. The molecule has 0 N–H and O–H groups in total. The van der Waals surface area contributed by atoms with Crippen molar-refractivity contribution in [1.82, 2.24) is 0 Å². The molecule has 0 aliphatic rings. The number of hydrogen-bond acceptors (Lipinski definition) is 2. The van der Waals surface area contributed by atoms with Crippen molar-refractivity contribution in [2.75, 3.05) is 6.61 Å². The number of benzene rings is 1. The van der Waals surface area contributed by atoms with Gasteiger partial charge in [-0.25, -0.2) is 4.79 Å². The third-order valence-electron chi connectivity index (χ3n) is 1.84. The highest BCUT2D eigenvalue weighted by atomic mass is 79.9. The lowest BCUT2D eigenvalue weighted by atomic mass is 10.1. The number of rotatable bonds is 1. The molecular weight excluding hydrogens is 256 g/mol. The Morgan fingerprint density at radius 3 is 2.93 bits per heavy atom. The molecule has 1 rings (SSSR count). The first kappa shape index (κ1) is 11.8. The normalized spacial score (nSPS) is 9.00. The molecule has 0 aromatic heterocycles. The second-order valence-corrected chi connectivity index (χ2v) is 3.74. The van der Waals surface area contributed by atoms with E-state index in [1.54, 1.807) is 6.92 Å². The molecule has 0 unspecified atom stereocenters. The van der Waals surface area contributed by atoms with Crippen molar-refractivity contribution in [2.45, 2.75) is 13.8 Å². The largest absolute Gasteiger partial charge is 0.456 e. The van der Waals surface area contributed by atoms with E-state index in [1.165, 1.54) is 0 Å². The van der Waals surface area contributed by atoms with E-state index in [0.717, 1.165) is 15.6 Å². The van der Waals surface area contributed by atoms with E-state index in [0.29, 0.717) is 6.61 Å². The second kappa shape index (κ2) is 5.57. The van der Waals surface area contributed by atoms with Crippen LogP contribution in [0.15, 0.2) is 22.7 Å². The average molecular weight is 267 g/mol. The summed E-state index contributed by atoms with van der Waals surface area (Å²) >= 11 is 3.40. The number of halogens is 1. The smallest absolute Gasteiger partial charge is 0.384 e. The van der Waals surface area contributed by atoms with E-state index in [1.807, 2.05) is 25.1 Å². The Hall–Kier alpha value is -1.27. The van der Waals surface area contributed by atoms with Crippen molar-refractivity contribution in [2.24, 2.45) is 0 Å². The van der Waals surface area contributed by atoms with Crippen LogP contribution in [0.2, 0.25) is 0 Å². The molecule has 2 nitrogen and oxygen atoms in total. The zero-order valence-electron chi connectivity index (χ0n) is 8.63. The molecule has 1 aromatic carbocycles. The molecule has 0 fully saturated rings. The topological polar surface area (TPSA) is 26.3 Å². The summed E-state index contributed by atoms with van der Waals surface area (Å²) in [5.41, 5.74) is 1.85. The van der Waals surface area contributed by atoms with Gasteiger partial charge < -0.3 is 4.74 Å². The lowest BCUT2D eigenvalue weighted by Crippen LogP contribution is -1.99. The van der Waals surface area contributed by atoms with Gasteiger partial charge in [0.05, 0.1) is 6.61 Å². The number of carbonyl (C=O) groups is 1. The third-order valence-corrected chi connectivity index (χ3v) is 2.70. The molecule has 0 amide bonds. The summed E-state index contributed by atoms with van der Waals surface area (Å²) in [7, 11) is 0. The highest BCUT2D eigenvalue weighted by Crippen LogP contribution is 2.18. The van der Waals surface area contributed by atoms with Gasteiger partial charge in [0.15, 0.2) is 0 Å². The molecular formula is C12H11BrO2. The Balaban J connectivity index is 2.89. The summed E-state index contributed by atoms with van der Waals surface area (Å²) in [5.74, 6) is 4.73. The first-order valence-corrected chi connectivity index (χ1v) is 5.38. The molecule has 0 aliphatic carbocycles. The first-order chi connectivity index (χ1) is 7.15. The summed E-state index contributed by atoms with van der Waals surface area (Å²) in [4.78, 5) is 11.0. The fourth-order valence-electron chi connectivity index (χ4n) is 1.03. The molecule has 0 aliphatic heterocycles. The molecule has 0 saturated carbocycles. The van der Waals surface area contributed by atoms with Gasteiger partial charge in [-0.2, -0.15) is 0 Å². The van der Waals surface area contributed by atoms with Gasteiger partial charge in [0.1, 0.15) is 0 Å².